The number of pyridine rings is 1. The second-order valence-electron chi connectivity index (χ2n) is 6.65. The number of nitriles is 1. The lowest BCUT2D eigenvalue weighted by molar-refractivity contribution is -0.137. The van der Waals surface area contributed by atoms with Gasteiger partial charge in [0.25, 0.3) is 0 Å². The number of anilines is 1. The molecule has 0 bridgehead atoms. The van der Waals surface area contributed by atoms with Crippen molar-refractivity contribution in [2.75, 3.05) is 11.4 Å². The molecule has 0 aliphatic heterocycles. The fraction of sp³-hybridized carbons (Fsp3) is 0.333. The standard InChI is InChI=1S/C21H19F4N3/c1-2-28(17-7-6-15(12-26)19(11-17)21(23,24)25)16-5-3-4-14(10-16)18-8-9-27-13-20(18)22/h4,6-9,11,13,16H,2-3,5,10H2,1H3. The highest BCUT2D eigenvalue weighted by Crippen LogP contribution is 2.37. The van der Waals surface area contributed by atoms with Gasteiger partial charge in [0.05, 0.1) is 23.4 Å². The number of nitrogens with zero attached hydrogens (tertiary/aromatic N) is 3. The van der Waals surface area contributed by atoms with Crippen LogP contribution >= 0.6 is 0 Å². The molecule has 0 radical (unpaired) electrons. The van der Waals surface area contributed by atoms with Crippen LogP contribution in [0.15, 0.2) is 42.7 Å². The summed E-state index contributed by atoms with van der Waals surface area (Å²) >= 11 is 0. The molecule has 1 atom stereocenters. The van der Waals surface area contributed by atoms with Gasteiger partial charge < -0.3 is 4.90 Å². The number of halogens is 4. The molecule has 2 aromatic rings. The zero-order chi connectivity index (χ0) is 20.3. The Hall–Kier alpha value is -2.88. The van der Waals surface area contributed by atoms with Gasteiger partial charge in [0.15, 0.2) is 0 Å². The number of rotatable bonds is 4. The van der Waals surface area contributed by atoms with Gasteiger partial charge in [-0.3, -0.25) is 4.98 Å². The van der Waals surface area contributed by atoms with Gasteiger partial charge in [-0.05, 0) is 56.0 Å². The number of hydrogen-bond acceptors (Lipinski definition) is 3. The molecule has 0 N–H and O–H groups in total. The lowest BCUT2D eigenvalue weighted by Crippen LogP contribution is -2.36. The van der Waals surface area contributed by atoms with E-state index in [9.17, 15) is 17.6 Å². The Kier molecular flexibility index (Phi) is 5.68. The van der Waals surface area contributed by atoms with Gasteiger partial charge in [0.2, 0.25) is 0 Å². The van der Waals surface area contributed by atoms with Crippen molar-refractivity contribution in [1.29, 1.82) is 5.26 Å². The zero-order valence-corrected chi connectivity index (χ0v) is 15.3. The maximum absolute atomic E-state index is 14.1. The second kappa shape index (κ2) is 8.01. The third-order valence-electron chi connectivity index (χ3n) is 5.01. The Morgan fingerprint density at radius 3 is 2.71 bits per heavy atom. The third-order valence-corrected chi connectivity index (χ3v) is 5.01. The number of alkyl halides is 3. The van der Waals surface area contributed by atoms with Crippen LogP contribution in [0.25, 0.3) is 5.57 Å². The first-order valence-corrected chi connectivity index (χ1v) is 9.02. The van der Waals surface area contributed by atoms with Crippen LogP contribution in [0.3, 0.4) is 0 Å². The molecule has 1 aromatic heterocycles. The summed E-state index contributed by atoms with van der Waals surface area (Å²) in [6, 6.07) is 6.95. The molecule has 3 rings (SSSR count). The van der Waals surface area contributed by atoms with Crippen molar-refractivity contribution >= 4 is 11.3 Å². The summed E-state index contributed by atoms with van der Waals surface area (Å²) in [7, 11) is 0. The van der Waals surface area contributed by atoms with E-state index in [1.165, 1.54) is 12.3 Å². The van der Waals surface area contributed by atoms with Crippen LogP contribution < -0.4 is 4.90 Å². The van der Waals surface area contributed by atoms with E-state index in [1.807, 2.05) is 17.9 Å². The third kappa shape index (κ3) is 4.01. The van der Waals surface area contributed by atoms with E-state index in [0.29, 0.717) is 30.6 Å². The van der Waals surface area contributed by atoms with E-state index in [4.69, 9.17) is 5.26 Å². The van der Waals surface area contributed by atoms with E-state index in [1.54, 1.807) is 18.2 Å². The molecule has 1 aliphatic carbocycles. The second-order valence-corrected chi connectivity index (χ2v) is 6.65. The lowest BCUT2D eigenvalue weighted by Gasteiger charge is -2.36. The Labute approximate surface area is 160 Å². The van der Waals surface area contributed by atoms with E-state index >= 15 is 0 Å². The molecule has 7 heteroatoms. The van der Waals surface area contributed by atoms with Crippen LogP contribution in [0.4, 0.5) is 23.2 Å². The smallest absolute Gasteiger partial charge is 0.368 e. The van der Waals surface area contributed by atoms with Crippen molar-refractivity contribution in [2.24, 2.45) is 0 Å². The minimum absolute atomic E-state index is 0.0633. The summed E-state index contributed by atoms with van der Waals surface area (Å²) < 4.78 is 54.1. The Balaban J connectivity index is 1.91. The van der Waals surface area contributed by atoms with Crippen LogP contribution in [-0.2, 0) is 6.18 Å². The molecular formula is C21H19F4N3. The first kappa shape index (κ1) is 19.9. The first-order valence-electron chi connectivity index (χ1n) is 9.02. The van der Waals surface area contributed by atoms with Crippen LogP contribution in [0, 0.1) is 17.1 Å². The molecule has 146 valence electrons. The summed E-state index contributed by atoms with van der Waals surface area (Å²) in [5.41, 5.74) is 0.397. The Bertz CT molecular complexity index is 928. The molecule has 1 aliphatic rings. The Morgan fingerprint density at radius 2 is 2.07 bits per heavy atom. The zero-order valence-electron chi connectivity index (χ0n) is 15.3. The monoisotopic (exact) mass is 389 g/mol. The Morgan fingerprint density at radius 1 is 1.29 bits per heavy atom. The molecule has 0 fully saturated rings. The molecule has 0 saturated heterocycles. The van der Waals surface area contributed by atoms with Crippen molar-refractivity contribution in [3.05, 3.63) is 65.2 Å². The summed E-state index contributed by atoms with van der Waals surface area (Å²) in [5.74, 6) is -0.407. The number of benzene rings is 1. The molecular weight excluding hydrogens is 370 g/mol. The minimum Gasteiger partial charge on any atom is -0.368 e. The van der Waals surface area contributed by atoms with Crippen molar-refractivity contribution in [3.63, 3.8) is 0 Å². The van der Waals surface area contributed by atoms with Gasteiger partial charge in [0.1, 0.15) is 5.82 Å². The summed E-state index contributed by atoms with van der Waals surface area (Å²) in [6.07, 6.45) is 2.05. The highest BCUT2D eigenvalue weighted by atomic mass is 19.4. The number of allylic oxidation sites excluding steroid dienone is 1. The number of hydrogen-bond donors (Lipinski definition) is 0. The molecule has 1 heterocycles. The molecule has 0 spiro atoms. The van der Waals surface area contributed by atoms with Gasteiger partial charge in [0, 0.05) is 30.0 Å². The van der Waals surface area contributed by atoms with Crippen molar-refractivity contribution in [2.45, 2.75) is 38.4 Å². The normalized spacial score (nSPS) is 17.0. The van der Waals surface area contributed by atoms with Gasteiger partial charge >= 0.3 is 6.18 Å². The highest BCUT2D eigenvalue weighted by molar-refractivity contribution is 5.68. The van der Waals surface area contributed by atoms with Crippen LogP contribution in [0.5, 0.6) is 0 Å². The largest absolute Gasteiger partial charge is 0.417 e. The van der Waals surface area contributed by atoms with Crippen molar-refractivity contribution in [3.8, 4) is 6.07 Å². The predicted molar refractivity (Wildman–Crippen MR) is 99.0 cm³/mol. The molecule has 0 amide bonds. The fourth-order valence-electron chi connectivity index (χ4n) is 3.71. The average Bonchev–Trinajstić information content (AvgIpc) is 2.68. The molecule has 28 heavy (non-hydrogen) atoms. The van der Waals surface area contributed by atoms with Gasteiger partial charge in [-0.2, -0.15) is 18.4 Å². The van der Waals surface area contributed by atoms with Crippen LogP contribution in [0.1, 0.15) is 42.9 Å². The lowest BCUT2D eigenvalue weighted by atomic mass is 9.89. The molecule has 3 nitrogen and oxygen atoms in total. The fourth-order valence-corrected chi connectivity index (χ4v) is 3.71. The van der Waals surface area contributed by atoms with E-state index in [0.717, 1.165) is 24.3 Å². The first-order chi connectivity index (χ1) is 13.3. The summed E-state index contributed by atoms with van der Waals surface area (Å²) in [5, 5.41) is 8.99. The minimum atomic E-state index is -4.60. The topological polar surface area (TPSA) is 39.9 Å². The van der Waals surface area contributed by atoms with Gasteiger partial charge in [-0.1, -0.05) is 6.08 Å². The van der Waals surface area contributed by atoms with Crippen LogP contribution in [-0.4, -0.2) is 17.6 Å². The quantitative estimate of drug-likeness (QED) is 0.642. The van der Waals surface area contributed by atoms with Crippen molar-refractivity contribution in [1.82, 2.24) is 4.98 Å². The summed E-state index contributed by atoms with van der Waals surface area (Å²) in [6.45, 7) is 2.37. The maximum atomic E-state index is 14.1. The van der Waals surface area contributed by atoms with Gasteiger partial charge in [-0.25, -0.2) is 4.39 Å². The maximum Gasteiger partial charge on any atom is 0.417 e. The van der Waals surface area contributed by atoms with E-state index in [-0.39, 0.29) is 6.04 Å². The molecule has 1 aromatic carbocycles. The highest BCUT2D eigenvalue weighted by Gasteiger charge is 2.35. The van der Waals surface area contributed by atoms with E-state index < -0.39 is 23.1 Å². The molecule has 0 saturated carbocycles. The SMILES string of the molecule is CCN(c1ccc(C#N)c(C(F)(F)F)c1)C1CCC=C(c2ccncc2F)C1. The molecule has 1 unspecified atom stereocenters. The van der Waals surface area contributed by atoms with E-state index in [2.05, 4.69) is 4.98 Å². The predicted octanol–water partition coefficient (Wildman–Crippen LogP) is 5.57. The van der Waals surface area contributed by atoms with Gasteiger partial charge in [-0.15, -0.1) is 0 Å². The van der Waals surface area contributed by atoms with Crippen molar-refractivity contribution < 1.29 is 17.6 Å². The average molecular weight is 389 g/mol. The summed E-state index contributed by atoms with van der Waals surface area (Å²) in [4.78, 5) is 5.65. The number of aromatic nitrogens is 1. The van der Waals surface area contributed by atoms with Crippen LogP contribution in [0.2, 0.25) is 0 Å².